The molecule has 0 unspecified atom stereocenters. The summed E-state index contributed by atoms with van der Waals surface area (Å²) in [5.74, 6) is 0.840. The number of piperidine rings is 1. The van der Waals surface area contributed by atoms with Crippen LogP contribution >= 0.6 is 0 Å². The molecular weight excluding hydrogens is 166 g/mol. The van der Waals surface area contributed by atoms with Gasteiger partial charge in [-0.3, -0.25) is 0 Å². The highest BCUT2D eigenvalue weighted by Gasteiger charge is 2.12. The van der Waals surface area contributed by atoms with Crippen LogP contribution in [-0.4, -0.2) is 33.3 Å². The number of aromatic nitrogens is 4. The monoisotopic (exact) mass is 181 g/mol. The van der Waals surface area contributed by atoms with Crippen LogP contribution in [0.4, 0.5) is 0 Å². The lowest BCUT2D eigenvalue weighted by Gasteiger charge is -2.21. The summed E-state index contributed by atoms with van der Waals surface area (Å²) in [6.45, 7) is 3.23. The minimum absolute atomic E-state index is 0.840. The zero-order chi connectivity index (χ0) is 8.93. The molecule has 0 atom stereocenters. The smallest absolute Gasteiger partial charge is 0.162 e. The number of nitrogens with one attached hydrogen (secondary N) is 1. The summed E-state index contributed by atoms with van der Waals surface area (Å²) in [7, 11) is 0. The molecule has 0 radical (unpaired) electrons. The molecule has 5 heteroatoms. The van der Waals surface area contributed by atoms with Gasteiger partial charge in [-0.25, -0.2) is 0 Å². The SMILES string of the molecule is c1nnn(CCC2CCNCC2)n1. The fraction of sp³-hybridized carbons (Fsp3) is 0.875. The zero-order valence-corrected chi connectivity index (χ0v) is 7.69. The average Bonchev–Trinajstić information content (AvgIpc) is 2.69. The first-order valence-electron chi connectivity index (χ1n) is 4.86. The molecule has 1 aliphatic rings. The fourth-order valence-electron chi connectivity index (χ4n) is 1.76. The summed E-state index contributed by atoms with van der Waals surface area (Å²) in [5.41, 5.74) is 0. The van der Waals surface area contributed by atoms with Gasteiger partial charge in [0.1, 0.15) is 0 Å². The largest absolute Gasteiger partial charge is 0.317 e. The van der Waals surface area contributed by atoms with Crippen molar-refractivity contribution < 1.29 is 0 Å². The van der Waals surface area contributed by atoms with Crippen LogP contribution in [0.1, 0.15) is 19.3 Å². The number of rotatable bonds is 3. The maximum Gasteiger partial charge on any atom is 0.162 e. The highest BCUT2D eigenvalue weighted by Crippen LogP contribution is 2.15. The average molecular weight is 181 g/mol. The minimum Gasteiger partial charge on any atom is -0.317 e. The van der Waals surface area contributed by atoms with E-state index in [0.717, 1.165) is 25.6 Å². The second-order valence-corrected chi connectivity index (χ2v) is 3.51. The summed E-state index contributed by atoms with van der Waals surface area (Å²) >= 11 is 0. The van der Waals surface area contributed by atoms with Crippen molar-refractivity contribution >= 4 is 0 Å². The Balaban J connectivity index is 1.72. The van der Waals surface area contributed by atoms with Gasteiger partial charge >= 0.3 is 0 Å². The van der Waals surface area contributed by atoms with E-state index in [4.69, 9.17) is 0 Å². The van der Waals surface area contributed by atoms with Crippen molar-refractivity contribution in [2.45, 2.75) is 25.8 Å². The van der Waals surface area contributed by atoms with Crippen LogP contribution in [0.5, 0.6) is 0 Å². The Kier molecular flexibility index (Phi) is 2.86. The fourth-order valence-corrected chi connectivity index (χ4v) is 1.76. The molecule has 5 nitrogen and oxygen atoms in total. The molecule has 1 aromatic heterocycles. The lowest BCUT2D eigenvalue weighted by Crippen LogP contribution is -2.28. The van der Waals surface area contributed by atoms with Gasteiger partial charge in [-0.2, -0.15) is 4.80 Å². The molecule has 0 bridgehead atoms. The molecule has 2 heterocycles. The first-order valence-corrected chi connectivity index (χ1v) is 4.86. The Labute approximate surface area is 77.5 Å². The van der Waals surface area contributed by atoms with Gasteiger partial charge in [0.15, 0.2) is 6.33 Å². The van der Waals surface area contributed by atoms with Crippen LogP contribution < -0.4 is 5.32 Å². The molecule has 72 valence electrons. The molecule has 0 saturated carbocycles. The van der Waals surface area contributed by atoms with E-state index >= 15 is 0 Å². The van der Waals surface area contributed by atoms with Crippen molar-refractivity contribution in [3.63, 3.8) is 0 Å². The molecule has 13 heavy (non-hydrogen) atoms. The van der Waals surface area contributed by atoms with Crippen molar-refractivity contribution in [3.8, 4) is 0 Å². The van der Waals surface area contributed by atoms with Gasteiger partial charge in [-0.1, -0.05) is 0 Å². The summed E-state index contributed by atoms with van der Waals surface area (Å²) in [4.78, 5) is 1.67. The van der Waals surface area contributed by atoms with E-state index in [0.29, 0.717) is 0 Å². The Morgan fingerprint density at radius 3 is 2.92 bits per heavy atom. The predicted octanol–water partition coefficient (Wildman–Crippen LogP) is 0.0628. The number of hydrogen-bond donors (Lipinski definition) is 1. The third-order valence-corrected chi connectivity index (χ3v) is 2.59. The molecule has 1 N–H and O–H groups in total. The van der Waals surface area contributed by atoms with E-state index in [1.807, 2.05) is 0 Å². The molecule has 2 rings (SSSR count). The van der Waals surface area contributed by atoms with Gasteiger partial charge in [0.05, 0.1) is 6.54 Å². The van der Waals surface area contributed by atoms with E-state index in [2.05, 4.69) is 20.7 Å². The second kappa shape index (κ2) is 4.32. The van der Waals surface area contributed by atoms with Crippen LogP contribution in [0, 0.1) is 5.92 Å². The first-order chi connectivity index (χ1) is 6.45. The van der Waals surface area contributed by atoms with E-state index in [1.165, 1.54) is 25.6 Å². The van der Waals surface area contributed by atoms with E-state index < -0.39 is 0 Å². The molecule has 1 saturated heterocycles. The lowest BCUT2D eigenvalue weighted by molar-refractivity contribution is 0.322. The van der Waals surface area contributed by atoms with E-state index in [9.17, 15) is 0 Å². The zero-order valence-electron chi connectivity index (χ0n) is 7.69. The van der Waals surface area contributed by atoms with Gasteiger partial charge in [-0.05, 0) is 43.5 Å². The highest BCUT2D eigenvalue weighted by atomic mass is 15.6. The van der Waals surface area contributed by atoms with Gasteiger partial charge in [0, 0.05) is 0 Å². The molecular formula is C8H15N5. The number of nitrogens with zero attached hydrogens (tertiary/aromatic N) is 4. The van der Waals surface area contributed by atoms with Crippen molar-refractivity contribution in [1.82, 2.24) is 25.5 Å². The van der Waals surface area contributed by atoms with Crippen LogP contribution in [0.25, 0.3) is 0 Å². The van der Waals surface area contributed by atoms with Crippen LogP contribution in [0.3, 0.4) is 0 Å². The van der Waals surface area contributed by atoms with E-state index in [-0.39, 0.29) is 0 Å². The molecule has 1 fully saturated rings. The molecule has 1 aliphatic heterocycles. The highest BCUT2D eigenvalue weighted by molar-refractivity contribution is 4.67. The maximum absolute atomic E-state index is 3.98. The Morgan fingerprint density at radius 2 is 2.23 bits per heavy atom. The standard InChI is InChI=1S/C8H15N5/c1-4-9-5-2-8(1)3-6-13-11-7-10-12-13/h7-9H,1-6H2. The molecule has 1 aromatic rings. The molecule has 0 amide bonds. The summed E-state index contributed by atoms with van der Waals surface area (Å²) in [6.07, 6.45) is 5.24. The Hall–Kier alpha value is -0.970. The molecule has 0 spiro atoms. The first kappa shape index (κ1) is 8.62. The minimum atomic E-state index is 0.840. The summed E-state index contributed by atoms with van der Waals surface area (Å²) in [5, 5.41) is 14.9. The van der Waals surface area contributed by atoms with Crippen LogP contribution in [-0.2, 0) is 6.54 Å². The number of hydrogen-bond acceptors (Lipinski definition) is 4. The van der Waals surface area contributed by atoms with Crippen LogP contribution in [0.15, 0.2) is 6.33 Å². The molecule has 0 aliphatic carbocycles. The van der Waals surface area contributed by atoms with Gasteiger partial charge < -0.3 is 5.32 Å². The van der Waals surface area contributed by atoms with E-state index in [1.54, 1.807) is 4.80 Å². The third kappa shape index (κ3) is 2.48. The van der Waals surface area contributed by atoms with Crippen LogP contribution in [0.2, 0.25) is 0 Å². The van der Waals surface area contributed by atoms with Crippen molar-refractivity contribution in [2.24, 2.45) is 5.92 Å². The van der Waals surface area contributed by atoms with Gasteiger partial charge in [0.2, 0.25) is 0 Å². The molecule has 0 aromatic carbocycles. The predicted molar refractivity (Wildman–Crippen MR) is 48.0 cm³/mol. The second-order valence-electron chi connectivity index (χ2n) is 3.51. The van der Waals surface area contributed by atoms with Gasteiger partial charge in [-0.15, -0.1) is 10.2 Å². The van der Waals surface area contributed by atoms with Crippen molar-refractivity contribution in [2.75, 3.05) is 13.1 Å². The quantitative estimate of drug-likeness (QED) is 0.716. The Bertz CT molecular complexity index is 227. The van der Waals surface area contributed by atoms with Crippen molar-refractivity contribution in [1.29, 1.82) is 0 Å². The Morgan fingerprint density at radius 1 is 1.38 bits per heavy atom. The summed E-state index contributed by atoms with van der Waals surface area (Å²) in [6, 6.07) is 0. The van der Waals surface area contributed by atoms with Gasteiger partial charge in [0.25, 0.3) is 0 Å². The number of tetrazole rings is 1. The normalized spacial score (nSPS) is 19.1. The number of aryl methyl sites for hydroxylation is 1. The topological polar surface area (TPSA) is 55.6 Å². The third-order valence-electron chi connectivity index (χ3n) is 2.59. The lowest BCUT2D eigenvalue weighted by atomic mass is 9.95. The maximum atomic E-state index is 3.98. The summed E-state index contributed by atoms with van der Waals surface area (Å²) < 4.78 is 0. The van der Waals surface area contributed by atoms with Crippen molar-refractivity contribution in [3.05, 3.63) is 6.33 Å².